The molecule has 0 bridgehead atoms. The molecule has 2 aliphatic heterocycles. The molecule has 1 atom stereocenters. The Bertz CT molecular complexity index is 615. The minimum absolute atomic E-state index is 0.188. The lowest BCUT2D eigenvalue weighted by Gasteiger charge is -2.26. The highest BCUT2D eigenvalue weighted by Gasteiger charge is 2.26. The Hall–Kier alpha value is -1.71. The molecule has 3 rings (SSSR count). The van der Waals surface area contributed by atoms with Gasteiger partial charge in [-0.15, -0.1) is 0 Å². The van der Waals surface area contributed by atoms with Crippen molar-refractivity contribution in [3.63, 3.8) is 0 Å². The zero-order chi connectivity index (χ0) is 12.7. The van der Waals surface area contributed by atoms with Crippen LogP contribution in [0.5, 0.6) is 0 Å². The first-order chi connectivity index (χ1) is 8.66. The SMILES string of the molecule is CC(C)CN1c2c3c(ncc2=NC1C)=CCC=N3. The van der Waals surface area contributed by atoms with Crippen LogP contribution in [0.2, 0.25) is 0 Å². The average Bonchev–Trinajstić information content (AvgIpc) is 2.66. The Kier molecular flexibility index (Phi) is 2.65. The summed E-state index contributed by atoms with van der Waals surface area (Å²) in [5.74, 6) is 0.606. The van der Waals surface area contributed by atoms with E-state index >= 15 is 0 Å². The van der Waals surface area contributed by atoms with Crippen LogP contribution in [0.3, 0.4) is 0 Å². The van der Waals surface area contributed by atoms with Gasteiger partial charge in [-0.3, -0.25) is 15.0 Å². The number of anilines is 1. The largest absolute Gasteiger partial charge is 0.346 e. The molecule has 0 saturated heterocycles. The van der Waals surface area contributed by atoms with Crippen LogP contribution < -0.4 is 15.6 Å². The molecule has 3 heterocycles. The van der Waals surface area contributed by atoms with E-state index in [0.29, 0.717) is 5.92 Å². The van der Waals surface area contributed by atoms with Crippen molar-refractivity contribution in [2.45, 2.75) is 33.4 Å². The molecule has 0 aliphatic carbocycles. The number of hydrogen-bond donors (Lipinski definition) is 0. The molecule has 94 valence electrons. The molecule has 1 aromatic heterocycles. The van der Waals surface area contributed by atoms with E-state index in [2.05, 4.69) is 46.7 Å². The van der Waals surface area contributed by atoms with Crippen LogP contribution in [0.25, 0.3) is 6.08 Å². The predicted molar refractivity (Wildman–Crippen MR) is 73.9 cm³/mol. The summed E-state index contributed by atoms with van der Waals surface area (Å²) in [6, 6.07) is 0. The Morgan fingerprint density at radius 1 is 1.44 bits per heavy atom. The molecule has 0 N–H and O–H groups in total. The van der Waals surface area contributed by atoms with Crippen molar-refractivity contribution in [2.24, 2.45) is 15.9 Å². The monoisotopic (exact) mass is 242 g/mol. The lowest BCUT2D eigenvalue weighted by molar-refractivity contribution is 0.572. The zero-order valence-corrected chi connectivity index (χ0v) is 11.1. The van der Waals surface area contributed by atoms with Crippen molar-refractivity contribution >= 4 is 23.7 Å². The molecule has 4 heteroatoms. The molecular weight excluding hydrogens is 224 g/mol. The fraction of sp³-hybridized carbons (Fsp3) is 0.500. The number of rotatable bonds is 2. The first-order valence-electron chi connectivity index (χ1n) is 6.53. The van der Waals surface area contributed by atoms with E-state index < -0.39 is 0 Å². The molecule has 0 spiro atoms. The summed E-state index contributed by atoms with van der Waals surface area (Å²) in [6.45, 7) is 7.59. The highest BCUT2D eigenvalue weighted by molar-refractivity contribution is 5.79. The molecule has 0 saturated carbocycles. The fourth-order valence-electron chi connectivity index (χ4n) is 2.55. The lowest BCUT2D eigenvalue weighted by Crippen LogP contribution is -2.34. The zero-order valence-electron chi connectivity index (χ0n) is 11.1. The third kappa shape index (κ3) is 1.72. The van der Waals surface area contributed by atoms with Gasteiger partial charge in [0.1, 0.15) is 17.2 Å². The van der Waals surface area contributed by atoms with Gasteiger partial charge in [-0.2, -0.15) is 0 Å². The maximum Gasteiger partial charge on any atom is 0.119 e. The fourth-order valence-corrected chi connectivity index (χ4v) is 2.55. The maximum absolute atomic E-state index is 4.67. The van der Waals surface area contributed by atoms with Crippen LogP contribution in [-0.2, 0) is 0 Å². The van der Waals surface area contributed by atoms with E-state index in [1.54, 1.807) is 0 Å². The number of aromatic nitrogens is 1. The van der Waals surface area contributed by atoms with Crippen molar-refractivity contribution < 1.29 is 0 Å². The molecule has 0 fully saturated rings. The van der Waals surface area contributed by atoms with Gasteiger partial charge in [0.05, 0.1) is 17.2 Å². The topological polar surface area (TPSA) is 40.9 Å². The predicted octanol–water partition coefficient (Wildman–Crippen LogP) is 1.41. The van der Waals surface area contributed by atoms with Crippen molar-refractivity contribution in [1.29, 1.82) is 0 Å². The third-order valence-electron chi connectivity index (χ3n) is 3.30. The van der Waals surface area contributed by atoms with Crippen molar-refractivity contribution in [2.75, 3.05) is 11.4 Å². The van der Waals surface area contributed by atoms with Gasteiger partial charge in [0.25, 0.3) is 0 Å². The average molecular weight is 242 g/mol. The molecule has 18 heavy (non-hydrogen) atoms. The van der Waals surface area contributed by atoms with E-state index in [1.807, 2.05) is 12.4 Å². The Morgan fingerprint density at radius 2 is 2.28 bits per heavy atom. The molecular formula is C14H18N4. The van der Waals surface area contributed by atoms with Crippen LogP contribution in [-0.4, -0.2) is 23.9 Å². The summed E-state index contributed by atoms with van der Waals surface area (Å²) in [7, 11) is 0. The number of pyridine rings is 1. The van der Waals surface area contributed by atoms with Gasteiger partial charge in [0.15, 0.2) is 0 Å². The standard InChI is InChI=1S/C14H18N4/c1-9(2)8-18-10(3)17-12-7-16-11-5-4-6-15-13(11)14(12)18/h5-7,9-10H,4,8H2,1-3H3. The van der Waals surface area contributed by atoms with Crippen molar-refractivity contribution in [3.8, 4) is 0 Å². The van der Waals surface area contributed by atoms with Gasteiger partial charge < -0.3 is 4.90 Å². The molecule has 1 aromatic rings. The number of nitrogens with zero attached hydrogens (tertiary/aromatic N) is 4. The van der Waals surface area contributed by atoms with Gasteiger partial charge in [0.2, 0.25) is 0 Å². The minimum Gasteiger partial charge on any atom is -0.346 e. The van der Waals surface area contributed by atoms with Crippen LogP contribution in [0.1, 0.15) is 27.2 Å². The minimum atomic E-state index is 0.188. The van der Waals surface area contributed by atoms with Crippen molar-refractivity contribution in [1.82, 2.24) is 4.98 Å². The normalized spacial score (nSPS) is 20.4. The molecule has 0 amide bonds. The van der Waals surface area contributed by atoms with Crippen LogP contribution in [0, 0.1) is 5.92 Å². The Balaban J connectivity index is 2.17. The highest BCUT2D eigenvalue weighted by atomic mass is 15.3. The van der Waals surface area contributed by atoms with E-state index in [9.17, 15) is 0 Å². The summed E-state index contributed by atoms with van der Waals surface area (Å²) in [5, 5.41) is 1.98. The second kappa shape index (κ2) is 4.19. The highest BCUT2D eigenvalue weighted by Crippen LogP contribution is 2.28. The summed E-state index contributed by atoms with van der Waals surface area (Å²) < 4.78 is 0. The third-order valence-corrected chi connectivity index (χ3v) is 3.30. The van der Waals surface area contributed by atoms with Gasteiger partial charge in [-0.05, 0) is 12.8 Å². The first kappa shape index (κ1) is 11.4. The molecule has 0 aromatic carbocycles. The van der Waals surface area contributed by atoms with E-state index in [4.69, 9.17) is 0 Å². The van der Waals surface area contributed by atoms with Gasteiger partial charge in [0, 0.05) is 19.2 Å². The summed E-state index contributed by atoms with van der Waals surface area (Å²) in [6.07, 6.45) is 7.01. The van der Waals surface area contributed by atoms with Crippen LogP contribution in [0.4, 0.5) is 11.4 Å². The number of hydrogen-bond acceptors (Lipinski definition) is 4. The van der Waals surface area contributed by atoms with E-state index in [-0.39, 0.29) is 6.17 Å². The first-order valence-corrected chi connectivity index (χ1v) is 6.53. The van der Waals surface area contributed by atoms with Crippen molar-refractivity contribution in [3.05, 3.63) is 16.9 Å². The number of aliphatic imine (C=N–C) groups is 1. The Morgan fingerprint density at radius 3 is 3.06 bits per heavy atom. The molecule has 4 nitrogen and oxygen atoms in total. The van der Waals surface area contributed by atoms with Gasteiger partial charge >= 0.3 is 0 Å². The number of fused-ring (bicyclic) bond motifs is 3. The van der Waals surface area contributed by atoms with Gasteiger partial charge in [-0.1, -0.05) is 19.9 Å². The van der Waals surface area contributed by atoms with Crippen LogP contribution in [0.15, 0.2) is 16.2 Å². The maximum atomic E-state index is 4.67. The van der Waals surface area contributed by atoms with E-state index in [1.165, 1.54) is 0 Å². The van der Waals surface area contributed by atoms with Gasteiger partial charge in [-0.25, -0.2) is 0 Å². The second-order valence-corrected chi connectivity index (χ2v) is 5.28. The summed E-state index contributed by atoms with van der Waals surface area (Å²) in [5.41, 5.74) is 2.15. The smallest absolute Gasteiger partial charge is 0.119 e. The Labute approximate surface area is 107 Å². The molecule has 2 aliphatic rings. The molecule has 0 radical (unpaired) electrons. The second-order valence-electron chi connectivity index (χ2n) is 5.28. The molecule has 1 unspecified atom stereocenters. The summed E-state index contributed by atoms with van der Waals surface area (Å²) in [4.78, 5) is 16.0. The quantitative estimate of drug-likeness (QED) is 0.786. The lowest BCUT2D eigenvalue weighted by atomic mass is 10.1. The van der Waals surface area contributed by atoms with Crippen LogP contribution >= 0.6 is 0 Å². The summed E-state index contributed by atoms with van der Waals surface area (Å²) >= 11 is 0. The van der Waals surface area contributed by atoms with E-state index in [0.717, 1.165) is 35.0 Å².